The Balaban J connectivity index is 2.83. The van der Waals surface area contributed by atoms with Gasteiger partial charge in [-0.3, -0.25) is 4.72 Å². The molecule has 1 amide bonds. The van der Waals surface area contributed by atoms with Gasteiger partial charge in [-0.15, -0.1) is 0 Å². The average Bonchev–Trinajstić information content (AvgIpc) is 2.22. The van der Waals surface area contributed by atoms with E-state index in [9.17, 15) is 18.3 Å². The van der Waals surface area contributed by atoms with E-state index in [0.29, 0.717) is 5.56 Å². The number of methoxy groups -OCH3 is 1. The maximum Gasteiger partial charge on any atom is 0.422 e. The third-order valence-corrected chi connectivity index (χ3v) is 2.80. The molecule has 1 aromatic rings. The van der Waals surface area contributed by atoms with Crippen LogP contribution in [0.3, 0.4) is 0 Å². The maximum atomic E-state index is 11.4. The molecule has 0 aromatic heterocycles. The number of benzene rings is 1. The Hall–Kier alpha value is -1.96. The van der Waals surface area contributed by atoms with E-state index in [0.717, 1.165) is 7.11 Å². The highest BCUT2D eigenvalue weighted by Gasteiger charge is 2.14. The van der Waals surface area contributed by atoms with Gasteiger partial charge in [-0.05, 0) is 18.6 Å². The van der Waals surface area contributed by atoms with Crippen molar-refractivity contribution >= 4 is 22.0 Å². The smallest absolute Gasteiger partial charge is 0.422 e. The zero-order valence-corrected chi connectivity index (χ0v) is 10.0. The van der Waals surface area contributed by atoms with Crippen LogP contribution < -0.4 is 9.44 Å². The Labute approximate surface area is 98.6 Å². The summed E-state index contributed by atoms with van der Waals surface area (Å²) in [5.41, 5.74) is 0.735. The summed E-state index contributed by atoms with van der Waals surface area (Å²) in [6.45, 7) is 1.67. The molecule has 1 aromatic carbocycles. The standard InChI is InChI=1S/C9H12N2O5S/c1-6-3-4-7(5-8(6)12)10-17(14,15)11-9(13)16-2/h3-5,10,12H,1-2H3,(H,11,13). The second-order valence-corrected chi connectivity index (χ2v) is 4.62. The monoisotopic (exact) mass is 260 g/mol. The lowest BCUT2D eigenvalue weighted by Gasteiger charge is -2.09. The lowest BCUT2D eigenvalue weighted by Crippen LogP contribution is -2.35. The molecule has 7 nitrogen and oxygen atoms in total. The van der Waals surface area contributed by atoms with Gasteiger partial charge in [0.15, 0.2) is 0 Å². The second kappa shape index (κ2) is 4.91. The summed E-state index contributed by atoms with van der Waals surface area (Å²) in [5.74, 6) is -0.0525. The lowest BCUT2D eigenvalue weighted by atomic mass is 10.2. The van der Waals surface area contributed by atoms with Crippen molar-refractivity contribution in [2.24, 2.45) is 0 Å². The van der Waals surface area contributed by atoms with Gasteiger partial charge in [0.1, 0.15) is 5.75 Å². The van der Waals surface area contributed by atoms with Crippen LogP contribution in [0.15, 0.2) is 18.2 Å². The molecule has 94 valence electrons. The van der Waals surface area contributed by atoms with Gasteiger partial charge >= 0.3 is 16.3 Å². The summed E-state index contributed by atoms with van der Waals surface area (Å²) in [5, 5.41) is 9.38. The van der Waals surface area contributed by atoms with Crippen LogP contribution in [-0.2, 0) is 14.9 Å². The molecule has 0 aliphatic rings. The number of carbonyl (C=O) groups is 1. The minimum Gasteiger partial charge on any atom is -0.508 e. The lowest BCUT2D eigenvalue weighted by molar-refractivity contribution is 0.177. The molecule has 0 saturated carbocycles. The van der Waals surface area contributed by atoms with Gasteiger partial charge in [-0.25, -0.2) is 9.52 Å². The number of hydrogen-bond donors (Lipinski definition) is 3. The van der Waals surface area contributed by atoms with Gasteiger partial charge < -0.3 is 9.84 Å². The number of amides is 1. The zero-order chi connectivity index (χ0) is 13.1. The summed E-state index contributed by atoms with van der Waals surface area (Å²) in [6.07, 6.45) is -1.10. The molecule has 1 rings (SSSR count). The summed E-state index contributed by atoms with van der Waals surface area (Å²) < 4.78 is 30.5. The fourth-order valence-electron chi connectivity index (χ4n) is 1.00. The second-order valence-electron chi connectivity index (χ2n) is 3.20. The summed E-state index contributed by atoms with van der Waals surface area (Å²) >= 11 is 0. The normalized spacial score (nSPS) is 10.7. The molecular formula is C9H12N2O5S. The first kappa shape index (κ1) is 13.1. The van der Waals surface area contributed by atoms with Gasteiger partial charge in [-0.2, -0.15) is 8.42 Å². The fourth-order valence-corrected chi connectivity index (χ4v) is 1.80. The molecule has 0 heterocycles. The highest BCUT2D eigenvalue weighted by Crippen LogP contribution is 2.21. The number of hydrogen-bond acceptors (Lipinski definition) is 5. The van der Waals surface area contributed by atoms with Crippen LogP contribution in [0.4, 0.5) is 10.5 Å². The van der Waals surface area contributed by atoms with Crippen LogP contribution in [0.1, 0.15) is 5.56 Å². The largest absolute Gasteiger partial charge is 0.508 e. The number of rotatable bonds is 3. The van der Waals surface area contributed by atoms with Crippen molar-refractivity contribution < 1.29 is 23.1 Å². The molecule has 0 aliphatic heterocycles. The molecule has 0 bridgehead atoms. The first-order chi connectivity index (χ1) is 7.84. The Morgan fingerprint density at radius 1 is 1.41 bits per heavy atom. The Bertz CT molecular complexity index is 526. The van der Waals surface area contributed by atoms with Crippen LogP contribution in [0.2, 0.25) is 0 Å². The minimum atomic E-state index is -4.06. The number of carbonyl (C=O) groups excluding carboxylic acids is 1. The highest BCUT2D eigenvalue weighted by atomic mass is 32.2. The molecule has 0 unspecified atom stereocenters. The molecular weight excluding hydrogens is 248 g/mol. The van der Waals surface area contributed by atoms with E-state index in [1.165, 1.54) is 18.2 Å². The van der Waals surface area contributed by atoms with Crippen molar-refractivity contribution in [3.8, 4) is 5.75 Å². The predicted molar refractivity (Wildman–Crippen MR) is 60.9 cm³/mol. The van der Waals surface area contributed by atoms with E-state index in [4.69, 9.17) is 0 Å². The number of phenols is 1. The number of aromatic hydroxyl groups is 1. The molecule has 0 spiro atoms. The fraction of sp³-hybridized carbons (Fsp3) is 0.222. The first-order valence-corrected chi connectivity index (χ1v) is 6.00. The number of anilines is 1. The van der Waals surface area contributed by atoms with E-state index < -0.39 is 16.3 Å². The van der Waals surface area contributed by atoms with Crippen LogP contribution >= 0.6 is 0 Å². The molecule has 0 fully saturated rings. The SMILES string of the molecule is COC(=O)NS(=O)(=O)Nc1ccc(C)c(O)c1. The zero-order valence-electron chi connectivity index (χ0n) is 9.22. The van der Waals surface area contributed by atoms with E-state index in [1.807, 2.05) is 0 Å². The van der Waals surface area contributed by atoms with Gasteiger partial charge in [-0.1, -0.05) is 6.07 Å². The van der Waals surface area contributed by atoms with Crippen molar-refractivity contribution in [1.82, 2.24) is 4.72 Å². The first-order valence-electron chi connectivity index (χ1n) is 4.52. The van der Waals surface area contributed by atoms with Crippen LogP contribution in [0.25, 0.3) is 0 Å². The van der Waals surface area contributed by atoms with Crippen LogP contribution in [-0.4, -0.2) is 26.7 Å². The molecule has 17 heavy (non-hydrogen) atoms. The quantitative estimate of drug-likeness (QED) is 0.742. The minimum absolute atomic E-state index is 0.0525. The summed E-state index contributed by atoms with van der Waals surface area (Å²) in [4.78, 5) is 10.7. The third kappa shape index (κ3) is 3.83. The van der Waals surface area contributed by atoms with Crippen LogP contribution in [0, 0.1) is 6.92 Å². The molecule has 0 atom stereocenters. The number of aryl methyl sites for hydroxylation is 1. The number of phenolic OH excluding ortho intramolecular Hbond substituents is 1. The molecule has 3 N–H and O–H groups in total. The topological polar surface area (TPSA) is 105 Å². The van der Waals surface area contributed by atoms with Gasteiger partial charge in [0.2, 0.25) is 0 Å². The summed E-state index contributed by atoms with van der Waals surface area (Å²) in [6, 6.07) is 4.21. The van der Waals surface area contributed by atoms with Gasteiger partial charge in [0, 0.05) is 6.07 Å². The average molecular weight is 260 g/mol. The highest BCUT2D eigenvalue weighted by molar-refractivity contribution is 7.91. The predicted octanol–water partition coefficient (Wildman–Crippen LogP) is 0.713. The van der Waals surface area contributed by atoms with Gasteiger partial charge in [0.05, 0.1) is 12.8 Å². The van der Waals surface area contributed by atoms with E-state index in [2.05, 4.69) is 9.46 Å². The van der Waals surface area contributed by atoms with Gasteiger partial charge in [0.25, 0.3) is 0 Å². The van der Waals surface area contributed by atoms with Crippen molar-refractivity contribution in [2.75, 3.05) is 11.8 Å². The Kier molecular flexibility index (Phi) is 3.79. The molecule has 8 heteroatoms. The van der Waals surface area contributed by atoms with E-state index in [-0.39, 0.29) is 11.4 Å². The van der Waals surface area contributed by atoms with Crippen LogP contribution in [0.5, 0.6) is 5.75 Å². The van der Waals surface area contributed by atoms with Crippen molar-refractivity contribution in [2.45, 2.75) is 6.92 Å². The van der Waals surface area contributed by atoms with Crippen molar-refractivity contribution in [1.29, 1.82) is 0 Å². The number of ether oxygens (including phenoxy) is 1. The maximum absolute atomic E-state index is 11.4. The number of nitrogens with one attached hydrogen (secondary N) is 2. The van der Waals surface area contributed by atoms with E-state index >= 15 is 0 Å². The third-order valence-electron chi connectivity index (χ3n) is 1.86. The van der Waals surface area contributed by atoms with Crippen molar-refractivity contribution in [3.63, 3.8) is 0 Å². The molecule has 0 aliphatic carbocycles. The van der Waals surface area contributed by atoms with Crippen molar-refractivity contribution in [3.05, 3.63) is 23.8 Å². The molecule has 0 radical (unpaired) electrons. The summed E-state index contributed by atoms with van der Waals surface area (Å²) in [7, 11) is -3.02. The Morgan fingerprint density at radius 2 is 2.06 bits per heavy atom. The molecule has 0 saturated heterocycles. The van der Waals surface area contributed by atoms with E-state index in [1.54, 1.807) is 11.6 Å². The Morgan fingerprint density at radius 3 is 2.59 bits per heavy atom.